The van der Waals surface area contributed by atoms with Gasteiger partial charge in [-0.05, 0) is 65.4 Å². The van der Waals surface area contributed by atoms with E-state index in [4.69, 9.17) is 62.7 Å². The summed E-state index contributed by atoms with van der Waals surface area (Å²) in [5.41, 5.74) is 1.65. The van der Waals surface area contributed by atoms with Crippen LogP contribution in [-0.4, -0.2) is 16.0 Å². The third-order valence-corrected chi connectivity index (χ3v) is 7.33. The van der Waals surface area contributed by atoms with Crippen LogP contribution in [0.2, 0.25) is 25.1 Å². The summed E-state index contributed by atoms with van der Waals surface area (Å²) < 4.78 is 19.0. The quantitative estimate of drug-likeness (QED) is 0.269. The van der Waals surface area contributed by atoms with E-state index in [0.717, 1.165) is 22.7 Å². The van der Waals surface area contributed by atoms with Crippen LogP contribution >= 0.6 is 69.8 Å². The largest absolute Gasteiger partial charge is 0.486 e. The predicted octanol–water partition coefficient (Wildman–Crippen LogP) is 8.91. The Labute approximate surface area is 229 Å². The molecule has 1 aliphatic rings. The van der Waals surface area contributed by atoms with Crippen molar-refractivity contribution in [2.24, 2.45) is 0 Å². The summed E-state index contributed by atoms with van der Waals surface area (Å²) in [4.78, 5) is 26.5. The minimum Gasteiger partial charge on any atom is -0.486 e. The van der Waals surface area contributed by atoms with Gasteiger partial charge in [-0.3, -0.25) is 14.5 Å². The molecule has 11 heteroatoms. The summed E-state index contributed by atoms with van der Waals surface area (Å²) in [6.45, 7) is 0.0301. The average molecular weight is 592 g/mol. The Balaban J connectivity index is 1.51. The number of hydrogen-bond acceptors (Lipinski definition) is 4. The first-order chi connectivity index (χ1) is 16.6. The number of ether oxygens (including phenoxy) is 1. The highest BCUT2D eigenvalue weighted by molar-refractivity contribution is 8.18. The standard InChI is InChI=1S/C24H13Cl5FNO3S/c25-15-3-1-14(17(26)8-15)11-34-22-19(28)5-12(6-20(22)29)7-21-23(32)31(24(33)35-21)10-13-2-4-16(30)9-18(13)27/h1-9H,10-11H2/b21-7-. The van der Waals surface area contributed by atoms with Gasteiger partial charge in [-0.25, -0.2) is 4.39 Å². The van der Waals surface area contributed by atoms with Crippen molar-refractivity contribution in [2.75, 3.05) is 0 Å². The summed E-state index contributed by atoms with van der Waals surface area (Å²) in [5.74, 6) is -0.772. The van der Waals surface area contributed by atoms with E-state index in [1.807, 2.05) is 0 Å². The van der Waals surface area contributed by atoms with Crippen molar-refractivity contribution in [1.82, 2.24) is 4.90 Å². The molecule has 0 N–H and O–H groups in total. The third kappa shape index (κ3) is 6.08. The van der Waals surface area contributed by atoms with Gasteiger partial charge in [0, 0.05) is 20.6 Å². The molecule has 4 nitrogen and oxygen atoms in total. The first kappa shape index (κ1) is 26.1. The summed E-state index contributed by atoms with van der Waals surface area (Å²) >= 11 is 31.6. The summed E-state index contributed by atoms with van der Waals surface area (Å²) in [7, 11) is 0. The maximum absolute atomic E-state index is 13.3. The maximum atomic E-state index is 13.3. The zero-order valence-corrected chi connectivity index (χ0v) is 22.1. The number of imide groups is 1. The first-order valence-corrected chi connectivity index (χ1v) is 12.6. The van der Waals surface area contributed by atoms with E-state index in [1.54, 1.807) is 30.3 Å². The maximum Gasteiger partial charge on any atom is 0.293 e. The SMILES string of the molecule is O=C1S/C(=C\c2cc(Cl)c(OCc3ccc(Cl)cc3Cl)c(Cl)c2)C(=O)N1Cc1ccc(F)cc1Cl. The number of rotatable bonds is 6. The molecule has 0 radical (unpaired) electrons. The Hall–Kier alpha value is -1.93. The summed E-state index contributed by atoms with van der Waals surface area (Å²) in [6.07, 6.45) is 1.51. The second kappa shape index (κ2) is 11.0. The van der Waals surface area contributed by atoms with Crippen LogP contribution in [-0.2, 0) is 17.9 Å². The van der Waals surface area contributed by atoms with Crippen LogP contribution in [0.5, 0.6) is 5.75 Å². The second-order valence-corrected chi connectivity index (χ2v) is 10.4. The minimum absolute atomic E-state index is 0.0807. The highest BCUT2D eigenvalue weighted by atomic mass is 35.5. The number of thioether (sulfide) groups is 1. The number of carbonyl (C=O) groups is 2. The van der Waals surface area contributed by atoms with Crippen LogP contribution in [0.3, 0.4) is 0 Å². The number of carbonyl (C=O) groups excluding carboxylic acids is 2. The van der Waals surface area contributed by atoms with Gasteiger partial charge in [-0.15, -0.1) is 0 Å². The second-order valence-electron chi connectivity index (χ2n) is 7.34. The Kier molecular flexibility index (Phi) is 8.21. The van der Waals surface area contributed by atoms with Gasteiger partial charge in [0.25, 0.3) is 11.1 Å². The molecule has 0 atom stereocenters. The molecule has 1 fully saturated rings. The van der Waals surface area contributed by atoms with Gasteiger partial charge in [-0.1, -0.05) is 70.1 Å². The molecular weight excluding hydrogens is 579 g/mol. The Morgan fingerprint density at radius 3 is 2.17 bits per heavy atom. The van der Waals surface area contributed by atoms with Crippen molar-refractivity contribution in [3.05, 3.63) is 101 Å². The highest BCUT2D eigenvalue weighted by Crippen LogP contribution is 2.38. The minimum atomic E-state index is -0.509. The first-order valence-electron chi connectivity index (χ1n) is 9.87. The van der Waals surface area contributed by atoms with Crippen molar-refractivity contribution in [2.45, 2.75) is 13.2 Å². The fourth-order valence-electron chi connectivity index (χ4n) is 3.20. The van der Waals surface area contributed by atoms with Crippen LogP contribution in [0.1, 0.15) is 16.7 Å². The molecule has 3 aromatic carbocycles. The number of nitrogens with zero attached hydrogens (tertiary/aromatic N) is 1. The van der Waals surface area contributed by atoms with Gasteiger partial charge in [0.05, 0.1) is 21.5 Å². The van der Waals surface area contributed by atoms with E-state index in [1.165, 1.54) is 18.2 Å². The molecule has 180 valence electrons. The molecule has 3 aromatic rings. The van der Waals surface area contributed by atoms with Crippen molar-refractivity contribution in [1.29, 1.82) is 0 Å². The van der Waals surface area contributed by atoms with E-state index in [2.05, 4.69) is 0 Å². The topological polar surface area (TPSA) is 46.6 Å². The molecule has 1 aliphatic heterocycles. The zero-order chi connectivity index (χ0) is 25.3. The molecule has 0 saturated carbocycles. The number of benzene rings is 3. The van der Waals surface area contributed by atoms with E-state index < -0.39 is 17.0 Å². The molecule has 0 spiro atoms. The fourth-order valence-corrected chi connectivity index (χ4v) is 5.34. The van der Waals surface area contributed by atoms with Gasteiger partial charge in [-0.2, -0.15) is 0 Å². The van der Waals surface area contributed by atoms with E-state index in [9.17, 15) is 14.0 Å². The molecule has 1 saturated heterocycles. The van der Waals surface area contributed by atoms with Crippen molar-refractivity contribution in [3.8, 4) is 5.75 Å². The predicted molar refractivity (Wildman–Crippen MR) is 140 cm³/mol. The van der Waals surface area contributed by atoms with Crippen molar-refractivity contribution in [3.63, 3.8) is 0 Å². The highest BCUT2D eigenvalue weighted by Gasteiger charge is 2.35. The molecule has 0 bridgehead atoms. The molecule has 0 unspecified atom stereocenters. The van der Waals surface area contributed by atoms with Crippen molar-refractivity contribution < 1.29 is 18.7 Å². The Morgan fingerprint density at radius 1 is 0.857 bits per heavy atom. The number of hydrogen-bond donors (Lipinski definition) is 0. The lowest BCUT2D eigenvalue weighted by molar-refractivity contribution is -0.123. The van der Waals surface area contributed by atoms with E-state index in [-0.39, 0.29) is 38.9 Å². The number of halogens is 6. The summed E-state index contributed by atoms with van der Waals surface area (Å²) in [5, 5.41) is 1.03. The van der Waals surface area contributed by atoms with E-state index >= 15 is 0 Å². The van der Waals surface area contributed by atoms with Crippen LogP contribution in [0.15, 0.2) is 53.4 Å². The lowest BCUT2D eigenvalue weighted by Crippen LogP contribution is -2.27. The van der Waals surface area contributed by atoms with Gasteiger partial charge in [0.2, 0.25) is 0 Å². The lowest BCUT2D eigenvalue weighted by atomic mass is 10.2. The molecule has 0 aromatic heterocycles. The van der Waals surface area contributed by atoms with Gasteiger partial charge in [0.15, 0.2) is 5.75 Å². The fraction of sp³-hybridized carbons (Fsp3) is 0.0833. The average Bonchev–Trinajstić information content (AvgIpc) is 3.03. The molecule has 35 heavy (non-hydrogen) atoms. The van der Waals surface area contributed by atoms with Crippen LogP contribution in [0.25, 0.3) is 6.08 Å². The lowest BCUT2D eigenvalue weighted by Gasteiger charge is -2.13. The molecule has 1 heterocycles. The van der Waals surface area contributed by atoms with Crippen LogP contribution in [0, 0.1) is 5.82 Å². The zero-order valence-electron chi connectivity index (χ0n) is 17.5. The van der Waals surface area contributed by atoms with Gasteiger partial charge in [0.1, 0.15) is 12.4 Å². The van der Waals surface area contributed by atoms with Crippen LogP contribution < -0.4 is 4.74 Å². The molecular formula is C24H13Cl5FNO3S. The normalized spacial score (nSPS) is 14.8. The Bertz CT molecular complexity index is 1360. The summed E-state index contributed by atoms with van der Waals surface area (Å²) in [6, 6.07) is 11.9. The molecule has 2 amide bonds. The van der Waals surface area contributed by atoms with E-state index in [0.29, 0.717) is 26.7 Å². The number of amides is 2. The third-order valence-electron chi connectivity index (χ3n) is 4.92. The molecule has 0 aliphatic carbocycles. The van der Waals surface area contributed by atoms with Crippen molar-refractivity contribution >= 4 is 87.0 Å². The molecule has 4 rings (SSSR count). The van der Waals surface area contributed by atoms with Crippen LogP contribution in [0.4, 0.5) is 9.18 Å². The Morgan fingerprint density at radius 2 is 1.51 bits per heavy atom. The monoisotopic (exact) mass is 589 g/mol. The smallest absolute Gasteiger partial charge is 0.293 e. The van der Waals surface area contributed by atoms with Gasteiger partial charge < -0.3 is 4.74 Å². The van der Waals surface area contributed by atoms with Gasteiger partial charge >= 0.3 is 0 Å².